The topological polar surface area (TPSA) is 91.1 Å². The molecule has 0 aliphatic carbocycles. The summed E-state index contributed by atoms with van der Waals surface area (Å²) in [6.07, 6.45) is 0.748. The van der Waals surface area contributed by atoms with Crippen LogP contribution in [0.2, 0.25) is 0 Å². The minimum absolute atomic E-state index is 0.0561. The molecule has 2 heterocycles. The normalized spacial score (nSPS) is 18.9. The maximum atomic E-state index is 12.6. The molecule has 0 saturated carbocycles. The lowest BCUT2D eigenvalue weighted by Gasteiger charge is -2.19. The summed E-state index contributed by atoms with van der Waals surface area (Å²) in [7, 11) is -1.76. The van der Waals surface area contributed by atoms with Crippen molar-refractivity contribution < 1.29 is 22.7 Å². The molecule has 1 aromatic heterocycles. The number of aromatic carboxylic acids is 1. The molecule has 2 rings (SSSR count). The van der Waals surface area contributed by atoms with E-state index < -0.39 is 16.0 Å². The lowest BCUT2D eigenvalue weighted by atomic mass is 10.4. The molecule has 0 unspecified atom stereocenters. The van der Waals surface area contributed by atoms with Gasteiger partial charge in [-0.1, -0.05) is 0 Å². The molecular weight excluding hydrogens is 284 g/mol. The van der Waals surface area contributed by atoms with Gasteiger partial charge in [0, 0.05) is 25.7 Å². The molecule has 0 radical (unpaired) electrons. The van der Waals surface area contributed by atoms with E-state index in [2.05, 4.69) is 4.90 Å². The van der Waals surface area contributed by atoms with Crippen molar-refractivity contribution in [2.45, 2.75) is 18.2 Å². The molecule has 0 amide bonds. The number of hydrogen-bond donors (Lipinski definition) is 1. The van der Waals surface area contributed by atoms with Crippen molar-refractivity contribution in [1.29, 1.82) is 0 Å². The van der Waals surface area contributed by atoms with Gasteiger partial charge in [-0.15, -0.1) is 0 Å². The Morgan fingerprint density at radius 3 is 2.60 bits per heavy atom. The average Bonchev–Trinajstić information content (AvgIpc) is 2.62. The minimum atomic E-state index is -3.70. The van der Waals surface area contributed by atoms with Crippen LogP contribution in [0.15, 0.2) is 15.4 Å². The second-order valence-corrected chi connectivity index (χ2v) is 6.80. The molecule has 0 atom stereocenters. The SMILES string of the molecule is Cc1oc(C(=O)O)cc1S(=O)(=O)N1CCCN(C)CC1. The molecule has 1 saturated heterocycles. The van der Waals surface area contributed by atoms with Gasteiger partial charge in [0.2, 0.25) is 15.8 Å². The molecule has 8 heteroatoms. The summed E-state index contributed by atoms with van der Waals surface area (Å²) in [5.74, 6) is -1.52. The largest absolute Gasteiger partial charge is 0.475 e. The Kier molecular flexibility index (Phi) is 4.17. The minimum Gasteiger partial charge on any atom is -0.475 e. The number of sulfonamides is 1. The van der Waals surface area contributed by atoms with Crippen LogP contribution in [0.1, 0.15) is 22.7 Å². The zero-order valence-corrected chi connectivity index (χ0v) is 12.3. The number of furan rings is 1. The van der Waals surface area contributed by atoms with Crippen molar-refractivity contribution in [3.8, 4) is 0 Å². The molecule has 0 aromatic carbocycles. The monoisotopic (exact) mass is 302 g/mol. The van der Waals surface area contributed by atoms with Crippen LogP contribution in [-0.4, -0.2) is 61.9 Å². The molecule has 0 spiro atoms. The molecule has 112 valence electrons. The smallest absolute Gasteiger partial charge is 0.371 e. The molecule has 1 fully saturated rings. The van der Waals surface area contributed by atoms with E-state index in [0.29, 0.717) is 19.6 Å². The van der Waals surface area contributed by atoms with Crippen molar-refractivity contribution in [1.82, 2.24) is 9.21 Å². The Labute approximate surface area is 117 Å². The second kappa shape index (κ2) is 5.55. The summed E-state index contributed by atoms with van der Waals surface area (Å²) in [5.41, 5.74) is 0. The van der Waals surface area contributed by atoms with E-state index in [1.807, 2.05) is 7.05 Å². The quantitative estimate of drug-likeness (QED) is 0.880. The molecule has 7 nitrogen and oxygen atoms in total. The molecule has 0 bridgehead atoms. The van der Waals surface area contributed by atoms with Gasteiger partial charge in [-0.3, -0.25) is 0 Å². The fourth-order valence-electron chi connectivity index (χ4n) is 2.23. The van der Waals surface area contributed by atoms with E-state index in [1.165, 1.54) is 11.2 Å². The maximum Gasteiger partial charge on any atom is 0.371 e. The van der Waals surface area contributed by atoms with Crippen LogP contribution in [0.4, 0.5) is 0 Å². The predicted molar refractivity (Wildman–Crippen MR) is 71.3 cm³/mol. The highest BCUT2D eigenvalue weighted by Gasteiger charge is 2.30. The van der Waals surface area contributed by atoms with Gasteiger partial charge in [0.15, 0.2) is 0 Å². The van der Waals surface area contributed by atoms with Gasteiger partial charge >= 0.3 is 5.97 Å². The number of carboxylic acids is 1. The second-order valence-electron chi connectivity index (χ2n) is 4.90. The number of hydrogen-bond acceptors (Lipinski definition) is 5. The lowest BCUT2D eigenvalue weighted by Crippen LogP contribution is -2.34. The number of aryl methyl sites for hydroxylation is 1. The fourth-order valence-corrected chi connectivity index (χ4v) is 3.86. The fraction of sp³-hybridized carbons (Fsp3) is 0.583. The van der Waals surface area contributed by atoms with Crippen molar-refractivity contribution in [2.24, 2.45) is 0 Å². The highest BCUT2D eigenvalue weighted by Crippen LogP contribution is 2.24. The summed E-state index contributed by atoms with van der Waals surface area (Å²) in [4.78, 5) is 12.9. The van der Waals surface area contributed by atoms with Gasteiger partial charge in [-0.2, -0.15) is 4.31 Å². The zero-order chi connectivity index (χ0) is 14.9. The summed E-state index contributed by atoms with van der Waals surface area (Å²) in [6.45, 7) is 3.79. The average molecular weight is 302 g/mol. The van der Waals surface area contributed by atoms with E-state index >= 15 is 0 Å². The maximum absolute atomic E-state index is 12.6. The molecule has 1 N–H and O–H groups in total. The van der Waals surface area contributed by atoms with Crippen LogP contribution < -0.4 is 0 Å². The molecule has 1 aromatic rings. The Bertz CT molecular complexity index is 607. The van der Waals surface area contributed by atoms with Crippen LogP contribution in [0.5, 0.6) is 0 Å². The Morgan fingerprint density at radius 2 is 2.00 bits per heavy atom. The summed E-state index contributed by atoms with van der Waals surface area (Å²) in [6, 6.07) is 1.08. The Hall–Kier alpha value is -1.38. The van der Waals surface area contributed by atoms with Crippen LogP contribution in [0.3, 0.4) is 0 Å². The van der Waals surface area contributed by atoms with Gasteiger partial charge < -0.3 is 14.4 Å². The van der Waals surface area contributed by atoms with Gasteiger partial charge in [0.25, 0.3) is 0 Å². The third-order valence-electron chi connectivity index (χ3n) is 3.38. The summed E-state index contributed by atoms with van der Waals surface area (Å²) < 4.78 is 31.5. The zero-order valence-electron chi connectivity index (χ0n) is 11.5. The highest BCUT2D eigenvalue weighted by atomic mass is 32.2. The first-order valence-corrected chi connectivity index (χ1v) is 7.79. The van der Waals surface area contributed by atoms with E-state index in [0.717, 1.165) is 19.0 Å². The molecule has 1 aliphatic rings. The molecule has 1 aliphatic heterocycles. The highest BCUT2D eigenvalue weighted by molar-refractivity contribution is 7.89. The van der Waals surface area contributed by atoms with E-state index in [4.69, 9.17) is 9.52 Å². The van der Waals surface area contributed by atoms with Gasteiger partial charge in [-0.25, -0.2) is 13.2 Å². The van der Waals surface area contributed by atoms with E-state index in [1.54, 1.807) is 0 Å². The Balaban J connectivity index is 2.32. The van der Waals surface area contributed by atoms with Crippen molar-refractivity contribution in [3.05, 3.63) is 17.6 Å². The van der Waals surface area contributed by atoms with Crippen LogP contribution in [-0.2, 0) is 10.0 Å². The number of likely N-dealkylation sites (N-methyl/N-ethyl adjacent to an activating group) is 1. The third kappa shape index (κ3) is 2.87. The van der Waals surface area contributed by atoms with Crippen molar-refractivity contribution in [2.75, 3.05) is 33.2 Å². The Morgan fingerprint density at radius 1 is 1.30 bits per heavy atom. The summed E-state index contributed by atoms with van der Waals surface area (Å²) in [5, 5.41) is 8.87. The van der Waals surface area contributed by atoms with Crippen LogP contribution in [0, 0.1) is 6.92 Å². The summed E-state index contributed by atoms with van der Waals surface area (Å²) >= 11 is 0. The number of nitrogens with zero attached hydrogens (tertiary/aromatic N) is 2. The van der Waals surface area contributed by atoms with E-state index in [-0.39, 0.29) is 16.4 Å². The first-order chi connectivity index (χ1) is 9.32. The predicted octanol–water partition coefficient (Wildman–Crippen LogP) is 0.612. The standard InChI is InChI=1S/C12H18N2O5S/c1-9-11(8-10(19-9)12(15)16)20(17,18)14-5-3-4-13(2)6-7-14/h8H,3-7H2,1-2H3,(H,15,16). The first-order valence-electron chi connectivity index (χ1n) is 6.35. The number of rotatable bonds is 3. The number of carboxylic acid groups (broad SMARTS) is 1. The van der Waals surface area contributed by atoms with Crippen LogP contribution >= 0.6 is 0 Å². The first kappa shape index (κ1) is 15.0. The van der Waals surface area contributed by atoms with Gasteiger partial charge in [0.05, 0.1) is 0 Å². The lowest BCUT2D eigenvalue weighted by molar-refractivity contribution is 0.0661. The van der Waals surface area contributed by atoms with Crippen molar-refractivity contribution in [3.63, 3.8) is 0 Å². The molecule has 20 heavy (non-hydrogen) atoms. The van der Waals surface area contributed by atoms with Gasteiger partial charge in [0.1, 0.15) is 10.7 Å². The van der Waals surface area contributed by atoms with E-state index in [9.17, 15) is 13.2 Å². The van der Waals surface area contributed by atoms with Crippen LogP contribution in [0.25, 0.3) is 0 Å². The molecular formula is C12H18N2O5S. The van der Waals surface area contributed by atoms with Crippen molar-refractivity contribution >= 4 is 16.0 Å². The van der Waals surface area contributed by atoms with Gasteiger partial charge in [-0.05, 0) is 26.9 Å². The number of carbonyl (C=O) groups is 1. The third-order valence-corrected chi connectivity index (χ3v) is 5.39.